The zero-order valence-electron chi connectivity index (χ0n) is 17.9. The predicted molar refractivity (Wildman–Crippen MR) is 126 cm³/mol. The first kappa shape index (κ1) is 23.6. The lowest BCUT2D eigenvalue weighted by Gasteiger charge is -2.17. The average Bonchev–Trinajstić information content (AvgIpc) is 2.73. The summed E-state index contributed by atoms with van der Waals surface area (Å²) in [6.07, 6.45) is 1.41. The molecule has 0 fully saturated rings. The molecule has 0 saturated heterocycles. The van der Waals surface area contributed by atoms with E-state index in [1.165, 1.54) is 6.20 Å². The highest BCUT2D eigenvalue weighted by atomic mass is 35.5. The number of carbonyl (C=O) groups is 1. The molecule has 0 bridgehead atoms. The number of hydrogen-bond acceptors (Lipinski definition) is 6. The first-order valence-corrected chi connectivity index (χ1v) is 10.8. The smallest absolute Gasteiger partial charge is 0.345 e. The van der Waals surface area contributed by atoms with Crippen molar-refractivity contribution in [1.82, 2.24) is 9.55 Å². The summed E-state index contributed by atoms with van der Waals surface area (Å²) in [5, 5.41) is 4.12. The molecule has 7 nitrogen and oxygen atoms in total. The quantitative estimate of drug-likeness (QED) is 0.444. The molecule has 0 aliphatic carbocycles. The summed E-state index contributed by atoms with van der Waals surface area (Å²) in [6, 6.07) is 12.4. The first-order chi connectivity index (χ1) is 15.3. The largest absolute Gasteiger partial charge is 0.489 e. The molecule has 3 rings (SSSR count). The van der Waals surface area contributed by atoms with Gasteiger partial charge in [0.25, 0.3) is 5.56 Å². The van der Waals surface area contributed by atoms with Crippen LogP contribution in [-0.2, 0) is 11.3 Å². The van der Waals surface area contributed by atoms with Crippen LogP contribution in [0.3, 0.4) is 0 Å². The Balaban J connectivity index is 1.98. The van der Waals surface area contributed by atoms with Gasteiger partial charge in [0, 0.05) is 16.9 Å². The minimum absolute atomic E-state index is 0.0204. The Labute approximate surface area is 195 Å². The van der Waals surface area contributed by atoms with Crippen molar-refractivity contribution >= 4 is 40.8 Å². The number of benzene rings is 2. The van der Waals surface area contributed by atoms with Crippen molar-refractivity contribution < 1.29 is 14.3 Å². The highest BCUT2D eigenvalue weighted by Crippen LogP contribution is 2.29. The van der Waals surface area contributed by atoms with Crippen molar-refractivity contribution in [3.8, 4) is 5.75 Å². The van der Waals surface area contributed by atoms with Gasteiger partial charge in [-0.3, -0.25) is 4.79 Å². The molecule has 0 aliphatic rings. The van der Waals surface area contributed by atoms with Crippen molar-refractivity contribution in [2.24, 2.45) is 0 Å². The van der Waals surface area contributed by atoms with Crippen LogP contribution >= 0.6 is 23.2 Å². The Kier molecular flexibility index (Phi) is 7.77. The van der Waals surface area contributed by atoms with Gasteiger partial charge >= 0.3 is 5.97 Å². The first-order valence-electron chi connectivity index (χ1n) is 10.0. The summed E-state index contributed by atoms with van der Waals surface area (Å²) in [5.41, 5.74) is 0.664. The molecule has 1 N–H and O–H groups in total. The van der Waals surface area contributed by atoms with Crippen LogP contribution in [0.1, 0.15) is 36.7 Å². The lowest BCUT2D eigenvalue weighted by molar-refractivity contribution is 0.0523. The molecule has 0 aliphatic heterocycles. The van der Waals surface area contributed by atoms with Gasteiger partial charge in [-0.2, -0.15) is 4.98 Å². The number of hydrogen-bond donors (Lipinski definition) is 1. The van der Waals surface area contributed by atoms with Crippen molar-refractivity contribution in [2.75, 3.05) is 11.9 Å². The molecular weight excluding hydrogens is 453 g/mol. The van der Waals surface area contributed by atoms with Gasteiger partial charge in [0.15, 0.2) is 0 Å². The van der Waals surface area contributed by atoms with E-state index >= 15 is 0 Å². The van der Waals surface area contributed by atoms with Gasteiger partial charge in [-0.25, -0.2) is 4.79 Å². The van der Waals surface area contributed by atoms with Crippen LogP contribution < -0.4 is 15.6 Å². The summed E-state index contributed by atoms with van der Waals surface area (Å²) >= 11 is 12.3. The van der Waals surface area contributed by atoms with Crippen LogP contribution in [0.2, 0.25) is 10.0 Å². The summed E-state index contributed by atoms with van der Waals surface area (Å²) in [5.74, 6) is 0.0719. The molecule has 168 valence electrons. The molecule has 2 aromatic carbocycles. The Morgan fingerprint density at radius 2 is 1.88 bits per heavy atom. The normalized spacial score (nSPS) is 10.8. The van der Waals surface area contributed by atoms with E-state index in [1.54, 1.807) is 41.8 Å². The predicted octanol–water partition coefficient (Wildman–Crippen LogP) is 5.31. The molecule has 1 heterocycles. The Hall–Kier alpha value is -3.03. The molecule has 0 atom stereocenters. The lowest BCUT2D eigenvalue weighted by atomic mass is 10.2. The number of halogens is 2. The van der Waals surface area contributed by atoms with Gasteiger partial charge < -0.3 is 19.4 Å². The Bertz CT molecular complexity index is 1160. The van der Waals surface area contributed by atoms with Gasteiger partial charge in [-0.15, -0.1) is 0 Å². The van der Waals surface area contributed by atoms with Gasteiger partial charge in [0.05, 0.1) is 24.3 Å². The molecule has 1 aromatic heterocycles. The molecule has 3 aromatic rings. The van der Waals surface area contributed by atoms with E-state index in [0.717, 1.165) is 5.56 Å². The second kappa shape index (κ2) is 10.5. The van der Waals surface area contributed by atoms with Gasteiger partial charge in [0.2, 0.25) is 5.95 Å². The number of nitrogens with one attached hydrogen (secondary N) is 1. The average molecular weight is 476 g/mol. The maximum absolute atomic E-state index is 12.5. The maximum Gasteiger partial charge on any atom is 0.345 e. The van der Waals surface area contributed by atoms with Crippen molar-refractivity contribution in [3.05, 3.63) is 80.2 Å². The third-order valence-electron chi connectivity index (χ3n) is 4.31. The number of carbonyl (C=O) groups excluding carboxylic acids is 1. The molecule has 32 heavy (non-hydrogen) atoms. The van der Waals surface area contributed by atoms with Crippen LogP contribution in [0, 0.1) is 0 Å². The topological polar surface area (TPSA) is 82.4 Å². The molecule has 9 heteroatoms. The van der Waals surface area contributed by atoms with E-state index < -0.39 is 11.5 Å². The van der Waals surface area contributed by atoms with Gasteiger partial charge in [-0.1, -0.05) is 35.3 Å². The number of anilines is 2. The molecule has 0 spiro atoms. The monoisotopic (exact) mass is 475 g/mol. The van der Waals surface area contributed by atoms with E-state index in [-0.39, 0.29) is 24.2 Å². The zero-order chi connectivity index (χ0) is 23.3. The van der Waals surface area contributed by atoms with Crippen molar-refractivity contribution in [2.45, 2.75) is 33.4 Å². The van der Waals surface area contributed by atoms with Crippen molar-refractivity contribution in [3.63, 3.8) is 0 Å². The van der Waals surface area contributed by atoms with Crippen LogP contribution in [0.4, 0.5) is 11.6 Å². The number of esters is 1. The van der Waals surface area contributed by atoms with E-state index in [1.807, 2.05) is 26.0 Å². The zero-order valence-corrected chi connectivity index (χ0v) is 19.4. The van der Waals surface area contributed by atoms with Gasteiger partial charge in [-0.05, 0) is 56.7 Å². The third kappa shape index (κ3) is 6.02. The van der Waals surface area contributed by atoms with Crippen molar-refractivity contribution in [1.29, 1.82) is 0 Å². The van der Waals surface area contributed by atoms with E-state index in [4.69, 9.17) is 32.7 Å². The number of nitrogens with zero attached hydrogens (tertiary/aromatic N) is 2. The fourth-order valence-electron chi connectivity index (χ4n) is 2.91. The summed E-state index contributed by atoms with van der Waals surface area (Å²) in [7, 11) is 0. The molecular formula is C23H23Cl2N3O4. The lowest BCUT2D eigenvalue weighted by Crippen LogP contribution is -2.25. The van der Waals surface area contributed by atoms with Crippen LogP contribution in [0.15, 0.2) is 53.5 Å². The molecule has 0 amide bonds. The Morgan fingerprint density at radius 1 is 1.16 bits per heavy atom. The van der Waals surface area contributed by atoms with Crippen LogP contribution in [0.5, 0.6) is 5.75 Å². The standard InChI is InChI=1S/C23H23Cl2N3O4/c1-4-31-22(30)18-13-28(12-15-5-7-16(24)8-6-15)23(27-21(18)29)26-17-9-10-20(19(25)11-17)32-14(2)3/h5-11,13-14H,4,12H2,1-3H3,(H,26,27,29). The Morgan fingerprint density at radius 3 is 2.50 bits per heavy atom. The SMILES string of the molecule is CCOC(=O)c1cn(Cc2ccc(Cl)cc2)c(Nc2ccc(OC(C)C)c(Cl)c2)nc1=O. The van der Waals surface area contributed by atoms with Gasteiger partial charge in [0.1, 0.15) is 11.3 Å². The number of aromatic nitrogens is 2. The second-order valence-electron chi connectivity index (χ2n) is 7.19. The fourth-order valence-corrected chi connectivity index (χ4v) is 3.26. The van der Waals surface area contributed by atoms with E-state index in [0.29, 0.717) is 28.0 Å². The van der Waals surface area contributed by atoms with E-state index in [2.05, 4.69) is 10.3 Å². The fraction of sp³-hybridized carbons (Fsp3) is 0.261. The summed E-state index contributed by atoms with van der Waals surface area (Å²) in [6.45, 7) is 5.98. The second-order valence-corrected chi connectivity index (χ2v) is 8.04. The molecule has 0 saturated carbocycles. The maximum atomic E-state index is 12.5. The third-order valence-corrected chi connectivity index (χ3v) is 4.85. The van der Waals surface area contributed by atoms with E-state index in [9.17, 15) is 9.59 Å². The summed E-state index contributed by atoms with van der Waals surface area (Å²) in [4.78, 5) is 28.8. The summed E-state index contributed by atoms with van der Waals surface area (Å²) < 4.78 is 12.3. The minimum Gasteiger partial charge on any atom is -0.489 e. The number of ether oxygens (including phenoxy) is 2. The highest BCUT2D eigenvalue weighted by Gasteiger charge is 2.17. The molecule has 0 radical (unpaired) electrons. The minimum atomic E-state index is -0.723. The highest BCUT2D eigenvalue weighted by molar-refractivity contribution is 6.32. The van der Waals surface area contributed by atoms with Crippen LogP contribution in [-0.4, -0.2) is 28.2 Å². The van der Waals surface area contributed by atoms with Crippen LogP contribution in [0.25, 0.3) is 0 Å². The number of rotatable bonds is 8. The molecule has 0 unspecified atom stereocenters.